The first-order valence-electron chi connectivity index (χ1n) is 11.3. The van der Waals surface area contributed by atoms with Crippen LogP contribution in [0.1, 0.15) is 47.6 Å². The molecule has 3 rings (SSSR count). The van der Waals surface area contributed by atoms with E-state index >= 15 is 0 Å². The molecule has 1 unspecified atom stereocenters. The number of nitrogens with zero attached hydrogens (tertiary/aromatic N) is 1. The Morgan fingerprint density at radius 3 is 2.33 bits per heavy atom. The van der Waals surface area contributed by atoms with Gasteiger partial charge in [-0.3, -0.25) is 10.2 Å². The van der Waals surface area contributed by atoms with Crippen LogP contribution in [0, 0.1) is 32.1 Å². The van der Waals surface area contributed by atoms with Gasteiger partial charge in [-0.2, -0.15) is 4.72 Å². The van der Waals surface area contributed by atoms with Crippen molar-refractivity contribution in [2.75, 3.05) is 13.1 Å². The molecule has 0 aromatic heterocycles. The molecule has 2 aromatic carbocycles. The number of aryl methyl sites for hydroxylation is 3. The number of nitrogens with one attached hydrogen (secondary N) is 2. The predicted molar refractivity (Wildman–Crippen MR) is 131 cm³/mol. The van der Waals surface area contributed by atoms with Crippen molar-refractivity contribution in [2.24, 2.45) is 11.7 Å². The van der Waals surface area contributed by atoms with E-state index in [1.807, 2.05) is 25.1 Å². The van der Waals surface area contributed by atoms with Gasteiger partial charge in [0.2, 0.25) is 15.9 Å². The van der Waals surface area contributed by atoms with Crippen LogP contribution in [0.25, 0.3) is 0 Å². The third kappa shape index (κ3) is 6.00. The largest absolute Gasteiger partial charge is 0.384 e. The van der Waals surface area contributed by atoms with Crippen molar-refractivity contribution in [2.45, 2.75) is 57.9 Å². The number of carbonyl (C=O) groups is 1. The van der Waals surface area contributed by atoms with Gasteiger partial charge in [0.1, 0.15) is 11.9 Å². The number of nitrogen functional groups attached to an aromatic ring is 1. The lowest BCUT2D eigenvalue weighted by atomic mass is 9.97. The molecule has 0 bridgehead atoms. The monoisotopic (exact) mass is 470 g/mol. The highest BCUT2D eigenvalue weighted by Crippen LogP contribution is 2.23. The molecular formula is C25H34N4O3S. The normalized spacial score (nSPS) is 15.9. The van der Waals surface area contributed by atoms with Crippen LogP contribution in [0.4, 0.5) is 0 Å². The fraction of sp³-hybridized carbons (Fsp3) is 0.440. The molecule has 1 aliphatic heterocycles. The van der Waals surface area contributed by atoms with Crippen molar-refractivity contribution in [3.8, 4) is 0 Å². The van der Waals surface area contributed by atoms with E-state index in [-0.39, 0.29) is 23.1 Å². The number of hydrogen-bond donors (Lipinski definition) is 3. The Hall–Kier alpha value is -2.71. The molecule has 1 heterocycles. The van der Waals surface area contributed by atoms with Gasteiger partial charge >= 0.3 is 0 Å². The van der Waals surface area contributed by atoms with Crippen molar-refractivity contribution < 1.29 is 13.2 Å². The highest BCUT2D eigenvalue weighted by molar-refractivity contribution is 7.89. The molecule has 33 heavy (non-hydrogen) atoms. The number of benzene rings is 2. The van der Waals surface area contributed by atoms with E-state index in [0.717, 1.165) is 24.0 Å². The minimum absolute atomic E-state index is 0.0729. The van der Waals surface area contributed by atoms with Gasteiger partial charge in [0, 0.05) is 18.7 Å². The predicted octanol–water partition coefficient (Wildman–Crippen LogP) is 3.04. The number of hydrogen-bond acceptors (Lipinski definition) is 4. The van der Waals surface area contributed by atoms with Crippen LogP contribution < -0.4 is 10.5 Å². The van der Waals surface area contributed by atoms with Gasteiger partial charge < -0.3 is 10.6 Å². The van der Waals surface area contributed by atoms with Crippen LogP contribution >= 0.6 is 0 Å². The third-order valence-corrected chi connectivity index (χ3v) is 8.02. The van der Waals surface area contributed by atoms with E-state index in [4.69, 9.17) is 11.1 Å². The van der Waals surface area contributed by atoms with E-state index in [2.05, 4.69) is 11.6 Å². The fourth-order valence-corrected chi connectivity index (χ4v) is 6.21. The Kier molecular flexibility index (Phi) is 7.59. The summed E-state index contributed by atoms with van der Waals surface area (Å²) < 4.78 is 29.6. The van der Waals surface area contributed by atoms with Crippen LogP contribution in [-0.2, 0) is 21.2 Å². The SMILES string of the molecule is Cc1cc(C)c(S(=O)(=O)NC(Cc2cccc(C(=N)N)c2)C(=O)N2CCC(C)CC2)c(C)c1. The zero-order valence-corrected chi connectivity index (χ0v) is 20.6. The zero-order chi connectivity index (χ0) is 24.3. The molecule has 1 saturated heterocycles. The number of piperidine rings is 1. The minimum Gasteiger partial charge on any atom is -0.384 e. The number of amides is 1. The first-order chi connectivity index (χ1) is 15.5. The quantitative estimate of drug-likeness (QED) is 0.426. The molecule has 7 nitrogen and oxygen atoms in total. The average Bonchev–Trinajstić information content (AvgIpc) is 2.72. The molecule has 1 fully saturated rings. The number of likely N-dealkylation sites (tertiary alicyclic amines) is 1. The Morgan fingerprint density at radius 1 is 1.15 bits per heavy atom. The summed E-state index contributed by atoms with van der Waals surface area (Å²) >= 11 is 0. The molecule has 1 aliphatic rings. The van der Waals surface area contributed by atoms with Crippen LogP contribution in [0.15, 0.2) is 41.3 Å². The molecule has 1 atom stereocenters. The van der Waals surface area contributed by atoms with Gasteiger partial charge in [-0.25, -0.2) is 8.42 Å². The van der Waals surface area contributed by atoms with Crippen LogP contribution in [0.3, 0.4) is 0 Å². The molecule has 0 spiro atoms. The molecule has 4 N–H and O–H groups in total. The van der Waals surface area contributed by atoms with Crippen LogP contribution in [0.2, 0.25) is 0 Å². The molecule has 178 valence electrons. The number of nitrogens with two attached hydrogens (primary N) is 1. The summed E-state index contributed by atoms with van der Waals surface area (Å²) in [6, 6.07) is 9.75. The third-order valence-electron chi connectivity index (χ3n) is 6.24. The summed E-state index contributed by atoms with van der Waals surface area (Å²) in [6.07, 6.45) is 1.98. The van der Waals surface area contributed by atoms with Crippen LogP contribution in [0.5, 0.6) is 0 Å². The maximum absolute atomic E-state index is 13.5. The summed E-state index contributed by atoms with van der Waals surface area (Å²) in [7, 11) is -3.94. The highest BCUT2D eigenvalue weighted by Gasteiger charge is 2.32. The Labute approximate surface area is 196 Å². The molecule has 1 amide bonds. The number of carbonyl (C=O) groups excluding carboxylic acids is 1. The van der Waals surface area contributed by atoms with Gasteiger partial charge in [0.25, 0.3) is 0 Å². The lowest BCUT2D eigenvalue weighted by Crippen LogP contribution is -2.51. The van der Waals surface area contributed by atoms with Crippen molar-refractivity contribution >= 4 is 21.8 Å². The second kappa shape index (κ2) is 10.1. The molecule has 0 aliphatic carbocycles. The van der Waals surface area contributed by atoms with Crippen molar-refractivity contribution in [1.82, 2.24) is 9.62 Å². The Morgan fingerprint density at radius 2 is 1.76 bits per heavy atom. The van der Waals surface area contributed by atoms with Crippen molar-refractivity contribution in [1.29, 1.82) is 5.41 Å². The lowest BCUT2D eigenvalue weighted by molar-refractivity contribution is -0.134. The summed E-state index contributed by atoms with van der Waals surface area (Å²) in [5.41, 5.74) is 9.19. The molecule has 2 aromatic rings. The van der Waals surface area contributed by atoms with E-state index in [1.54, 1.807) is 36.9 Å². The molecular weight excluding hydrogens is 436 g/mol. The average molecular weight is 471 g/mol. The first kappa shape index (κ1) is 24.9. The second-order valence-corrected chi connectivity index (χ2v) is 10.9. The van der Waals surface area contributed by atoms with Gasteiger partial charge in [-0.05, 0) is 68.7 Å². The zero-order valence-electron chi connectivity index (χ0n) is 19.8. The summed E-state index contributed by atoms with van der Waals surface area (Å²) in [5, 5.41) is 7.69. The summed E-state index contributed by atoms with van der Waals surface area (Å²) in [4.78, 5) is 15.5. The number of rotatable bonds is 7. The van der Waals surface area contributed by atoms with Gasteiger partial charge in [0.15, 0.2) is 0 Å². The topological polar surface area (TPSA) is 116 Å². The van der Waals surface area contributed by atoms with Crippen molar-refractivity contribution in [3.05, 3.63) is 64.2 Å². The second-order valence-electron chi connectivity index (χ2n) is 9.23. The molecule has 0 saturated carbocycles. The smallest absolute Gasteiger partial charge is 0.241 e. The molecule has 0 radical (unpaired) electrons. The number of sulfonamides is 1. The fourth-order valence-electron chi connectivity index (χ4n) is 4.57. The van der Waals surface area contributed by atoms with E-state index in [9.17, 15) is 13.2 Å². The van der Waals surface area contributed by atoms with Gasteiger partial charge in [-0.1, -0.05) is 42.8 Å². The first-order valence-corrected chi connectivity index (χ1v) is 12.8. The van der Waals surface area contributed by atoms with Crippen molar-refractivity contribution in [3.63, 3.8) is 0 Å². The maximum Gasteiger partial charge on any atom is 0.241 e. The Balaban J connectivity index is 1.95. The number of amidine groups is 1. The molecule has 8 heteroatoms. The highest BCUT2D eigenvalue weighted by atomic mass is 32.2. The van der Waals surface area contributed by atoms with E-state index < -0.39 is 16.1 Å². The van der Waals surface area contributed by atoms with E-state index in [1.165, 1.54) is 0 Å². The van der Waals surface area contributed by atoms with E-state index in [0.29, 0.717) is 35.7 Å². The van der Waals surface area contributed by atoms with Gasteiger partial charge in [-0.15, -0.1) is 0 Å². The van der Waals surface area contributed by atoms with Crippen LogP contribution in [-0.4, -0.2) is 44.2 Å². The summed E-state index contributed by atoms with van der Waals surface area (Å²) in [6.45, 7) is 8.87. The maximum atomic E-state index is 13.5. The van der Waals surface area contributed by atoms with Gasteiger partial charge in [0.05, 0.1) is 4.90 Å². The minimum atomic E-state index is -3.94. The Bertz CT molecular complexity index is 1130. The summed E-state index contributed by atoms with van der Waals surface area (Å²) in [5.74, 6) is 0.256. The standard InChI is InChI=1S/C25H34N4O3S/c1-16-8-10-29(11-9-16)25(30)22(15-20-6-5-7-21(14-20)24(26)27)28-33(31,32)23-18(3)12-17(2)13-19(23)4/h5-7,12-14,16,22,28H,8-11,15H2,1-4H3,(H3,26,27). The lowest BCUT2D eigenvalue weighted by Gasteiger charge is -2.33.